The largest absolute Gasteiger partial charge is 0.545 e. The summed E-state index contributed by atoms with van der Waals surface area (Å²) < 4.78 is 22.9. The molecule has 0 amide bonds. The van der Waals surface area contributed by atoms with Gasteiger partial charge in [-0.3, -0.25) is 9.59 Å². The van der Waals surface area contributed by atoms with Crippen molar-refractivity contribution in [2.24, 2.45) is 0 Å². The third-order valence-corrected chi connectivity index (χ3v) is 18.9. The highest BCUT2D eigenvalue weighted by Gasteiger charge is 2.22. The summed E-state index contributed by atoms with van der Waals surface area (Å²) in [5, 5.41) is 11.9. The summed E-state index contributed by atoms with van der Waals surface area (Å²) in [7, 11) is 5.95. The molecule has 9 heteroatoms. The standard InChI is InChI=1S/C88H161NO8/c1-6-8-10-12-14-16-18-20-22-24-26-28-30-32-34-36-38-39-40-41-42-43-44-45-46-47-49-51-53-55-57-59-61-63-65-67-69-71-73-75-77-79-86(91)97-84(83-96-88(87(92)93)94-81-80-89(3,4)5)82-95-85(90)78-76-74-72-70-68-66-64-62-60-58-56-54-52-50-48-37-35-33-31-29-27-25-23-21-19-17-15-13-11-9-7-2/h8,10,14,16,20,22,25-28,32,34,84,88H,6-7,9,11-13,15,17-19,21,23-24,29-31,33,35-83H2,1-5H3/b10-8-,16-14-,22-20-,27-25-,28-26-,34-32-. The number of ether oxygens (including phenoxy) is 4. The third kappa shape index (κ3) is 79.9. The van der Waals surface area contributed by atoms with Gasteiger partial charge in [-0.1, -0.05) is 389 Å². The molecule has 0 aromatic carbocycles. The number of esters is 2. The minimum Gasteiger partial charge on any atom is -0.545 e. The van der Waals surface area contributed by atoms with E-state index in [0.717, 1.165) is 70.6 Å². The van der Waals surface area contributed by atoms with Crippen molar-refractivity contribution in [3.05, 3.63) is 72.9 Å². The van der Waals surface area contributed by atoms with Gasteiger partial charge in [-0.05, 0) is 83.5 Å². The Morgan fingerprint density at radius 1 is 0.320 bits per heavy atom. The molecule has 0 aromatic heterocycles. The lowest BCUT2D eigenvalue weighted by Crippen LogP contribution is -2.44. The molecule has 0 fully saturated rings. The van der Waals surface area contributed by atoms with E-state index < -0.39 is 24.3 Å². The maximum absolute atomic E-state index is 13.0. The molecule has 0 bridgehead atoms. The number of likely N-dealkylation sites (N-methyl/N-ethyl adjacent to an activating group) is 1. The first-order valence-corrected chi connectivity index (χ1v) is 42.1. The van der Waals surface area contributed by atoms with Crippen LogP contribution in [0.2, 0.25) is 0 Å². The van der Waals surface area contributed by atoms with Crippen molar-refractivity contribution in [2.75, 3.05) is 47.5 Å². The van der Waals surface area contributed by atoms with Crippen LogP contribution < -0.4 is 5.11 Å². The van der Waals surface area contributed by atoms with Gasteiger partial charge in [0, 0.05) is 12.8 Å². The minimum absolute atomic E-state index is 0.150. The van der Waals surface area contributed by atoms with Crippen LogP contribution in [0, 0.1) is 0 Å². The second-order valence-corrected chi connectivity index (χ2v) is 29.7. The number of carboxylic acids is 1. The molecule has 0 aliphatic heterocycles. The normalized spacial score (nSPS) is 13.0. The summed E-state index contributed by atoms with van der Waals surface area (Å²) in [5.74, 6) is -2.25. The third-order valence-electron chi connectivity index (χ3n) is 18.9. The van der Waals surface area contributed by atoms with E-state index >= 15 is 0 Å². The molecule has 0 saturated heterocycles. The van der Waals surface area contributed by atoms with Gasteiger partial charge in [0.1, 0.15) is 13.2 Å². The van der Waals surface area contributed by atoms with Crippen molar-refractivity contribution in [1.29, 1.82) is 0 Å². The predicted molar refractivity (Wildman–Crippen MR) is 417 cm³/mol. The number of allylic oxidation sites excluding steroid dienone is 12. The molecule has 0 rings (SSSR count). The number of carbonyl (C=O) groups excluding carboxylic acids is 3. The lowest BCUT2D eigenvalue weighted by Gasteiger charge is -2.26. The van der Waals surface area contributed by atoms with E-state index in [1.54, 1.807) is 0 Å². The van der Waals surface area contributed by atoms with E-state index in [0.29, 0.717) is 17.4 Å². The number of hydrogen-bond acceptors (Lipinski definition) is 8. The fourth-order valence-corrected chi connectivity index (χ4v) is 12.6. The Hall–Kier alpha value is -3.27. The fourth-order valence-electron chi connectivity index (χ4n) is 12.6. The average Bonchev–Trinajstić information content (AvgIpc) is 3.27. The van der Waals surface area contributed by atoms with Crippen molar-refractivity contribution < 1.29 is 42.9 Å². The van der Waals surface area contributed by atoms with E-state index in [4.69, 9.17) is 18.9 Å². The van der Waals surface area contributed by atoms with Gasteiger partial charge in [0.25, 0.3) is 0 Å². The number of nitrogens with zero attached hydrogens (tertiary/aromatic N) is 1. The van der Waals surface area contributed by atoms with Gasteiger partial charge < -0.3 is 33.3 Å². The lowest BCUT2D eigenvalue weighted by atomic mass is 10.0. The molecule has 0 aliphatic rings. The van der Waals surface area contributed by atoms with Gasteiger partial charge >= 0.3 is 11.9 Å². The Kier molecular flexibility index (Phi) is 75.8. The highest BCUT2D eigenvalue weighted by atomic mass is 16.7. The summed E-state index contributed by atoms with van der Waals surface area (Å²) in [4.78, 5) is 37.6. The zero-order valence-corrected chi connectivity index (χ0v) is 65.0. The summed E-state index contributed by atoms with van der Waals surface area (Å²) in [6.07, 6.45) is 103. The summed E-state index contributed by atoms with van der Waals surface area (Å²) >= 11 is 0. The number of rotatable bonds is 79. The Morgan fingerprint density at radius 2 is 0.588 bits per heavy atom. The smallest absolute Gasteiger partial charge is 0.306 e. The summed E-state index contributed by atoms with van der Waals surface area (Å²) in [6.45, 7) is 4.71. The first-order chi connectivity index (χ1) is 47.6. The zero-order valence-electron chi connectivity index (χ0n) is 65.0. The molecule has 2 atom stereocenters. The van der Waals surface area contributed by atoms with Gasteiger partial charge in [-0.25, -0.2) is 0 Å². The molecule has 0 saturated carbocycles. The van der Waals surface area contributed by atoms with Gasteiger partial charge in [0.15, 0.2) is 12.4 Å². The van der Waals surface area contributed by atoms with Crippen LogP contribution in [0.1, 0.15) is 412 Å². The number of aliphatic carboxylic acids is 1. The molecule has 0 heterocycles. The predicted octanol–water partition coefficient (Wildman–Crippen LogP) is 25.8. The molecule has 0 radical (unpaired) electrons. The Labute approximate surface area is 602 Å². The molecular formula is C88H161NO8. The monoisotopic (exact) mass is 1360 g/mol. The molecule has 0 aromatic rings. The summed E-state index contributed by atoms with van der Waals surface area (Å²) in [6, 6.07) is 0. The van der Waals surface area contributed by atoms with Crippen LogP contribution >= 0.6 is 0 Å². The number of carbonyl (C=O) groups is 3. The van der Waals surface area contributed by atoms with Crippen LogP contribution in [0.5, 0.6) is 0 Å². The SMILES string of the molecule is CC/C=C\C/C=C\C/C=C\C/C=C\C/C=C\CCCCCCCCCCCCCCCCCCCCCCCCCCCC(=O)OC(COC(=O)CCCCCCCCCCCCCCCCCCCCC/C=C\CCCCCCCCCC)COC(OCC[N+](C)(C)C)C(=O)[O-]. The van der Waals surface area contributed by atoms with Crippen LogP contribution in [0.15, 0.2) is 72.9 Å². The molecule has 9 nitrogen and oxygen atoms in total. The molecule has 0 spiro atoms. The van der Waals surface area contributed by atoms with Gasteiger partial charge in [-0.2, -0.15) is 0 Å². The van der Waals surface area contributed by atoms with Crippen molar-refractivity contribution >= 4 is 17.9 Å². The van der Waals surface area contributed by atoms with E-state index in [9.17, 15) is 19.5 Å². The zero-order chi connectivity index (χ0) is 70.4. The molecule has 0 N–H and O–H groups in total. The molecule has 566 valence electrons. The number of unbranched alkanes of at least 4 members (excludes halogenated alkanes) is 52. The second-order valence-electron chi connectivity index (χ2n) is 29.7. The molecule has 2 unspecified atom stereocenters. The first kappa shape index (κ1) is 93.7. The van der Waals surface area contributed by atoms with Crippen LogP contribution in [0.25, 0.3) is 0 Å². The Balaban J connectivity index is 3.94. The van der Waals surface area contributed by atoms with Crippen LogP contribution in [-0.4, -0.2) is 82.3 Å². The average molecular weight is 1360 g/mol. The lowest BCUT2D eigenvalue weighted by molar-refractivity contribution is -0.870. The highest BCUT2D eigenvalue weighted by molar-refractivity contribution is 5.70. The number of quaternary nitrogens is 1. The number of hydrogen-bond donors (Lipinski definition) is 0. The number of carboxylic acid groups (broad SMARTS) is 1. The van der Waals surface area contributed by atoms with Gasteiger partial charge in [-0.15, -0.1) is 0 Å². The van der Waals surface area contributed by atoms with E-state index in [2.05, 4.69) is 86.8 Å². The molecule has 97 heavy (non-hydrogen) atoms. The van der Waals surface area contributed by atoms with Gasteiger partial charge in [0.2, 0.25) is 0 Å². The van der Waals surface area contributed by atoms with Gasteiger partial charge in [0.05, 0.1) is 40.3 Å². The van der Waals surface area contributed by atoms with Crippen molar-refractivity contribution in [2.45, 2.75) is 424 Å². The van der Waals surface area contributed by atoms with Crippen molar-refractivity contribution in [1.82, 2.24) is 0 Å². The topological polar surface area (TPSA) is 111 Å². The van der Waals surface area contributed by atoms with Crippen LogP contribution in [0.4, 0.5) is 0 Å². The fraction of sp³-hybridized carbons (Fsp3) is 0.830. The molecule has 0 aliphatic carbocycles. The van der Waals surface area contributed by atoms with Crippen molar-refractivity contribution in [3.63, 3.8) is 0 Å². The minimum atomic E-state index is -1.62. The Bertz CT molecular complexity index is 1830. The summed E-state index contributed by atoms with van der Waals surface area (Å²) in [5.41, 5.74) is 0. The molecular weight excluding hydrogens is 1200 g/mol. The quantitative estimate of drug-likeness (QED) is 0.0195. The van der Waals surface area contributed by atoms with Crippen LogP contribution in [0.3, 0.4) is 0 Å². The maximum atomic E-state index is 13.0. The van der Waals surface area contributed by atoms with E-state index in [1.807, 2.05) is 21.1 Å². The van der Waals surface area contributed by atoms with Crippen molar-refractivity contribution in [3.8, 4) is 0 Å². The highest BCUT2D eigenvalue weighted by Crippen LogP contribution is 2.20. The first-order valence-electron chi connectivity index (χ1n) is 42.1. The maximum Gasteiger partial charge on any atom is 0.306 e. The Morgan fingerprint density at radius 3 is 0.887 bits per heavy atom. The van der Waals surface area contributed by atoms with E-state index in [1.165, 1.54) is 315 Å². The van der Waals surface area contributed by atoms with Crippen LogP contribution in [-0.2, 0) is 33.3 Å². The second kappa shape index (κ2) is 78.4. The van der Waals surface area contributed by atoms with E-state index in [-0.39, 0.29) is 32.2 Å².